The molecule has 15 heteroatoms. The minimum absolute atomic E-state index is 0.143. The predicted molar refractivity (Wildman–Crippen MR) is 233 cm³/mol. The first kappa shape index (κ1) is 51.7. The van der Waals surface area contributed by atoms with Gasteiger partial charge in [-0.15, -0.1) is 0 Å². The molecule has 12 nitrogen and oxygen atoms in total. The summed E-state index contributed by atoms with van der Waals surface area (Å²) < 4.78 is 53.7. The van der Waals surface area contributed by atoms with E-state index in [0.717, 1.165) is 0 Å². The third-order valence-electron chi connectivity index (χ3n) is 10.3. The fraction of sp³-hybridized carbons (Fsp3) is 0.767. The summed E-state index contributed by atoms with van der Waals surface area (Å²) >= 11 is 0. The molecule has 0 N–H and O–H groups in total. The third-order valence-corrected chi connectivity index (χ3v) is 20.1. The van der Waals surface area contributed by atoms with E-state index in [1.165, 1.54) is 0 Å². The molecule has 58 heavy (non-hydrogen) atoms. The molecule has 0 spiro atoms. The molecule has 1 fully saturated rings. The Kier molecular flexibility index (Phi) is 15.3. The molecule has 5 atom stereocenters. The number of hydrogen-bond donors (Lipinski definition) is 0. The van der Waals surface area contributed by atoms with Crippen molar-refractivity contribution < 1.29 is 56.1 Å². The van der Waals surface area contributed by atoms with Crippen molar-refractivity contribution in [1.82, 2.24) is 0 Å². The van der Waals surface area contributed by atoms with Crippen molar-refractivity contribution in [3.63, 3.8) is 0 Å². The maximum absolute atomic E-state index is 16.2. The molecule has 1 aliphatic rings. The van der Waals surface area contributed by atoms with E-state index >= 15 is 19.2 Å². The molecule has 2 rings (SSSR count). The number of hydrogen-bond acceptors (Lipinski definition) is 12. The first-order valence-electron chi connectivity index (χ1n) is 20.3. The van der Waals surface area contributed by atoms with Crippen molar-refractivity contribution in [3.8, 4) is 0 Å². The van der Waals surface area contributed by atoms with Crippen molar-refractivity contribution >= 4 is 48.8 Å². The zero-order valence-corrected chi connectivity index (χ0v) is 42.7. The SMILES string of the molecule is CC(C)(C)OC(=O)[C@@H]1OC(=O)[C@H](OCc2ccccc2)[C@H](O[Si](C)(C)C)[C@](O[Si](C)(C)C(C)(C)C)(C(=O)OC(C)(C)C)[C@]1(O[Si](C)(C)C(C)(C)C)C(=O)OC(C)(C)C. The first-order valence-corrected chi connectivity index (χ1v) is 29.5. The highest BCUT2D eigenvalue weighted by Gasteiger charge is 2.82. The van der Waals surface area contributed by atoms with Gasteiger partial charge < -0.3 is 37.0 Å². The lowest BCUT2D eigenvalue weighted by atomic mass is 9.73. The average Bonchev–Trinajstić information content (AvgIpc) is 3.04. The van der Waals surface area contributed by atoms with Gasteiger partial charge in [-0.2, -0.15) is 0 Å². The van der Waals surface area contributed by atoms with E-state index in [4.69, 9.17) is 37.0 Å². The van der Waals surface area contributed by atoms with Crippen LogP contribution < -0.4 is 0 Å². The Balaban J connectivity index is 3.65. The average molecular weight is 869 g/mol. The van der Waals surface area contributed by atoms with E-state index in [0.29, 0.717) is 5.56 Å². The van der Waals surface area contributed by atoms with Crippen LogP contribution in [-0.2, 0) is 62.7 Å². The number of benzene rings is 1. The van der Waals surface area contributed by atoms with Gasteiger partial charge >= 0.3 is 23.9 Å². The Morgan fingerprint density at radius 3 is 1.40 bits per heavy atom. The van der Waals surface area contributed by atoms with Gasteiger partial charge in [0.25, 0.3) is 0 Å². The van der Waals surface area contributed by atoms with Crippen LogP contribution in [0.3, 0.4) is 0 Å². The molecule has 1 aliphatic heterocycles. The van der Waals surface area contributed by atoms with Crippen molar-refractivity contribution in [2.24, 2.45) is 0 Å². The standard InChI is InChI=1S/C43H76O12Si3/c1-37(2,3)50-34(45)32-43(36(47)52-39(7,8)9,55-58(21,22)41(13,14)15)42(35(46)51-38(4,5)6,54-57(19,20)40(10,11)12)31(53-56(16,17)18)30(33(44)49-32)48-28-29-26-24-23-25-27-29/h23-27,30-32H,28H2,1-22H3/t30-,31+,32+,42+,43-/m1/s1. The van der Waals surface area contributed by atoms with Gasteiger partial charge in [0.2, 0.25) is 17.3 Å². The molecule has 1 aromatic rings. The Bertz CT molecular complexity index is 1620. The normalized spacial score (nSPS) is 24.4. The second kappa shape index (κ2) is 17.2. The topological polar surface area (TPSA) is 142 Å². The van der Waals surface area contributed by atoms with Crippen molar-refractivity contribution in [1.29, 1.82) is 0 Å². The van der Waals surface area contributed by atoms with Crippen LogP contribution in [0.15, 0.2) is 30.3 Å². The molecule has 332 valence electrons. The fourth-order valence-electron chi connectivity index (χ4n) is 5.71. The van der Waals surface area contributed by atoms with Crippen LogP contribution in [0.1, 0.15) is 109 Å². The summed E-state index contributed by atoms with van der Waals surface area (Å²) in [6, 6.07) is 9.13. The summed E-state index contributed by atoms with van der Waals surface area (Å²) in [4.78, 5) is 62.4. The van der Waals surface area contributed by atoms with Crippen molar-refractivity contribution in [3.05, 3.63) is 35.9 Å². The molecule has 0 bridgehead atoms. The maximum atomic E-state index is 16.2. The molecule has 0 amide bonds. The van der Waals surface area contributed by atoms with Crippen LogP contribution in [0.25, 0.3) is 0 Å². The van der Waals surface area contributed by atoms with Crippen LogP contribution in [0.2, 0.25) is 55.9 Å². The van der Waals surface area contributed by atoms with E-state index in [1.807, 2.05) is 118 Å². The predicted octanol–water partition coefficient (Wildman–Crippen LogP) is 9.26. The molecule has 0 aliphatic carbocycles. The second-order valence-electron chi connectivity index (χ2n) is 22.4. The third kappa shape index (κ3) is 12.3. The Morgan fingerprint density at radius 2 is 1.02 bits per heavy atom. The lowest BCUT2D eigenvalue weighted by Gasteiger charge is -2.57. The summed E-state index contributed by atoms with van der Waals surface area (Å²) in [6.07, 6.45) is -5.87. The maximum Gasteiger partial charge on any atom is 0.351 e. The number of carbonyl (C=O) groups is 4. The van der Waals surface area contributed by atoms with Gasteiger partial charge in [0.05, 0.1) is 6.61 Å². The van der Waals surface area contributed by atoms with Gasteiger partial charge in [-0.3, -0.25) is 0 Å². The van der Waals surface area contributed by atoms with Crippen LogP contribution in [0.5, 0.6) is 0 Å². The largest absolute Gasteiger partial charge is 0.458 e. The van der Waals surface area contributed by atoms with Gasteiger partial charge in [-0.1, -0.05) is 71.9 Å². The molecule has 1 saturated heterocycles. The molecular weight excluding hydrogens is 793 g/mol. The monoisotopic (exact) mass is 868 g/mol. The second-order valence-corrected chi connectivity index (χ2v) is 36.3. The zero-order chi connectivity index (χ0) is 45.5. The first-order chi connectivity index (χ1) is 25.6. The quantitative estimate of drug-likeness (QED) is 0.112. The van der Waals surface area contributed by atoms with Gasteiger partial charge in [0, 0.05) is 0 Å². The van der Waals surface area contributed by atoms with E-state index in [9.17, 15) is 0 Å². The van der Waals surface area contributed by atoms with Crippen LogP contribution in [0, 0.1) is 0 Å². The number of cyclic esters (lactones) is 1. The minimum atomic E-state index is -3.45. The Morgan fingerprint density at radius 1 is 0.621 bits per heavy atom. The molecule has 0 radical (unpaired) electrons. The molecule has 0 aromatic heterocycles. The summed E-state index contributed by atoms with van der Waals surface area (Å²) in [6.45, 7) is 39.6. The number of esters is 4. The molecule has 1 heterocycles. The number of rotatable bonds is 12. The van der Waals surface area contributed by atoms with E-state index in [1.54, 1.807) is 62.3 Å². The molecule has 0 unspecified atom stereocenters. The van der Waals surface area contributed by atoms with Crippen LogP contribution in [0.4, 0.5) is 0 Å². The fourth-order valence-corrected chi connectivity index (χ4v) is 9.68. The highest BCUT2D eigenvalue weighted by atomic mass is 28.4. The van der Waals surface area contributed by atoms with E-state index in [-0.39, 0.29) is 6.61 Å². The number of carbonyl (C=O) groups excluding carboxylic acids is 4. The molecule has 0 saturated carbocycles. The minimum Gasteiger partial charge on any atom is -0.458 e. The van der Waals surface area contributed by atoms with Crippen LogP contribution >= 0.6 is 0 Å². The smallest absolute Gasteiger partial charge is 0.351 e. The van der Waals surface area contributed by atoms with Crippen LogP contribution in [-0.4, -0.2) is 95.1 Å². The Labute approximate surface area is 352 Å². The van der Waals surface area contributed by atoms with Gasteiger partial charge in [-0.25, -0.2) is 19.2 Å². The molecular formula is C43H76O12Si3. The number of ether oxygens (including phenoxy) is 5. The lowest BCUT2D eigenvalue weighted by molar-refractivity contribution is -0.251. The summed E-state index contributed by atoms with van der Waals surface area (Å²) in [5.74, 6) is -4.55. The van der Waals surface area contributed by atoms with Crippen molar-refractivity contribution in [2.45, 2.75) is 213 Å². The van der Waals surface area contributed by atoms with Gasteiger partial charge in [-0.05, 0) is 124 Å². The van der Waals surface area contributed by atoms with Gasteiger partial charge in [0.15, 0.2) is 31.1 Å². The highest BCUT2D eigenvalue weighted by molar-refractivity contribution is 6.75. The Hall–Kier alpha value is -2.41. The summed E-state index contributed by atoms with van der Waals surface area (Å²) in [5.41, 5.74) is -8.69. The highest BCUT2D eigenvalue weighted by Crippen LogP contribution is 2.54. The molecule has 1 aromatic carbocycles. The summed E-state index contributed by atoms with van der Waals surface area (Å²) in [7, 11) is -9.83. The van der Waals surface area contributed by atoms with Crippen molar-refractivity contribution in [2.75, 3.05) is 0 Å². The van der Waals surface area contributed by atoms with E-state index < -0.39 is 105 Å². The summed E-state index contributed by atoms with van der Waals surface area (Å²) in [5, 5.41) is -1.33. The van der Waals surface area contributed by atoms with Gasteiger partial charge in [0.1, 0.15) is 22.9 Å². The lowest BCUT2D eigenvalue weighted by Crippen LogP contribution is -2.82. The van der Waals surface area contributed by atoms with E-state index in [2.05, 4.69) is 0 Å². The zero-order valence-electron chi connectivity index (χ0n) is 39.7.